The van der Waals surface area contributed by atoms with E-state index in [0.717, 1.165) is 23.8 Å². The second kappa shape index (κ2) is 6.75. The fourth-order valence-corrected chi connectivity index (χ4v) is 3.39. The molecule has 1 heterocycles. The largest absolute Gasteiger partial charge is 0.372 e. The van der Waals surface area contributed by atoms with E-state index < -0.39 is 0 Å². The van der Waals surface area contributed by atoms with Gasteiger partial charge >= 0.3 is 0 Å². The van der Waals surface area contributed by atoms with Gasteiger partial charge in [0.1, 0.15) is 5.01 Å². The van der Waals surface area contributed by atoms with Crippen LogP contribution in [0.25, 0.3) is 21.8 Å². The Hall–Kier alpha value is -2.13. The third-order valence-corrected chi connectivity index (χ3v) is 4.71. The van der Waals surface area contributed by atoms with Crippen molar-refractivity contribution in [2.75, 3.05) is 18.0 Å². The maximum absolute atomic E-state index is 4.77. The van der Waals surface area contributed by atoms with Gasteiger partial charge in [-0.3, -0.25) is 0 Å². The van der Waals surface area contributed by atoms with Crippen LogP contribution in [0.15, 0.2) is 60.0 Å². The summed E-state index contributed by atoms with van der Waals surface area (Å²) >= 11 is 1.70. The van der Waals surface area contributed by atoms with Crippen molar-refractivity contribution in [3.05, 3.63) is 60.0 Å². The molecule has 0 radical (unpaired) electrons. The number of thiazole rings is 1. The molecule has 0 bridgehead atoms. The van der Waals surface area contributed by atoms with E-state index >= 15 is 0 Å². The zero-order valence-electron chi connectivity index (χ0n) is 13.0. The number of anilines is 1. The molecule has 0 aliphatic heterocycles. The third-order valence-electron chi connectivity index (χ3n) is 3.82. The molecule has 2 nitrogen and oxygen atoms in total. The minimum absolute atomic E-state index is 1.03. The van der Waals surface area contributed by atoms with Gasteiger partial charge in [-0.2, -0.15) is 0 Å². The molecule has 3 heteroatoms. The number of hydrogen-bond acceptors (Lipinski definition) is 3. The van der Waals surface area contributed by atoms with Gasteiger partial charge in [-0.25, -0.2) is 4.98 Å². The van der Waals surface area contributed by atoms with Crippen molar-refractivity contribution < 1.29 is 0 Å². The summed E-state index contributed by atoms with van der Waals surface area (Å²) in [5.74, 6) is 0. The van der Waals surface area contributed by atoms with E-state index in [1.165, 1.54) is 16.8 Å². The lowest BCUT2D eigenvalue weighted by atomic mass is 10.1. The summed E-state index contributed by atoms with van der Waals surface area (Å²) in [5, 5.41) is 3.21. The predicted molar refractivity (Wildman–Crippen MR) is 96.5 cm³/mol. The highest BCUT2D eigenvalue weighted by Gasteiger charge is 2.07. The van der Waals surface area contributed by atoms with Crippen LogP contribution in [-0.2, 0) is 0 Å². The lowest BCUT2D eigenvalue weighted by Gasteiger charge is -2.20. The van der Waals surface area contributed by atoms with E-state index in [4.69, 9.17) is 4.98 Å². The summed E-state index contributed by atoms with van der Waals surface area (Å²) in [6.07, 6.45) is 0. The van der Waals surface area contributed by atoms with Crippen molar-refractivity contribution in [1.29, 1.82) is 0 Å². The van der Waals surface area contributed by atoms with Crippen LogP contribution in [-0.4, -0.2) is 18.1 Å². The smallest absolute Gasteiger partial charge is 0.124 e. The zero-order chi connectivity index (χ0) is 15.4. The topological polar surface area (TPSA) is 16.1 Å². The molecular weight excluding hydrogens is 288 g/mol. The molecule has 0 saturated heterocycles. The van der Waals surface area contributed by atoms with E-state index in [2.05, 4.69) is 72.7 Å². The first kappa shape index (κ1) is 14.8. The second-order valence-corrected chi connectivity index (χ2v) is 5.98. The minimum atomic E-state index is 1.03. The standard InChI is InChI=1S/C19H20N2S/c1-3-21(4-2)17-12-10-15(11-13-17)18-14-22-19(20-18)16-8-6-5-7-9-16/h5-14H,3-4H2,1-2H3. The molecule has 3 aromatic rings. The Kier molecular flexibility index (Phi) is 4.54. The third kappa shape index (κ3) is 3.04. The summed E-state index contributed by atoms with van der Waals surface area (Å²) in [6, 6.07) is 19.0. The monoisotopic (exact) mass is 308 g/mol. The lowest BCUT2D eigenvalue weighted by Crippen LogP contribution is -2.21. The van der Waals surface area contributed by atoms with Crippen LogP contribution < -0.4 is 4.90 Å². The minimum Gasteiger partial charge on any atom is -0.372 e. The van der Waals surface area contributed by atoms with Crippen LogP contribution in [0.4, 0.5) is 5.69 Å². The first-order valence-corrected chi connectivity index (χ1v) is 8.56. The highest BCUT2D eigenvalue weighted by atomic mass is 32.1. The van der Waals surface area contributed by atoms with Crippen LogP contribution in [0, 0.1) is 0 Å². The molecule has 0 amide bonds. The van der Waals surface area contributed by atoms with E-state index in [1.54, 1.807) is 11.3 Å². The number of nitrogens with zero attached hydrogens (tertiary/aromatic N) is 2. The Morgan fingerprint density at radius 2 is 1.55 bits per heavy atom. The Bertz CT molecular complexity index is 713. The Labute approximate surface area is 136 Å². The number of aromatic nitrogens is 1. The number of hydrogen-bond donors (Lipinski definition) is 0. The first-order chi connectivity index (χ1) is 10.8. The fourth-order valence-electron chi connectivity index (χ4n) is 2.55. The first-order valence-electron chi connectivity index (χ1n) is 7.68. The summed E-state index contributed by atoms with van der Waals surface area (Å²) in [7, 11) is 0. The number of benzene rings is 2. The maximum Gasteiger partial charge on any atom is 0.124 e. The van der Waals surface area contributed by atoms with Crippen molar-refractivity contribution >= 4 is 17.0 Å². The normalized spacial score (nSPS) is 10.6. The lowest BCUT2D eigenvalue weighted by molar-refractivity contribution is 0.866. The zero-order valence-corrected chi connectivity index (χ0v) is 13.8. The van der Waals surface area contributed by atoms with Gasteiger partial charge in [0, 0.05) is 35.3 Å². The van der Waals surface area contributed by atoms with Gasteiger partial charge in [0.2, 0.25) is 0 Å². The Morgan fingerprint density at radius 1 is 0.864 bits per heavy atom. The molecule has 1 aromatic heterocycles. The van der Waals surface area contributed by atoms with Gasteiger partial charge in [-0.1, -0.05) is 42.5 Å². The van der Waals surface area contributed by atoms with Gasteiger partial charge in [0.15, 0.2) is 0 Å². The molecule has 22 heavy (non-hydrogen) atoms. The molecule has 0 saturated carbocycles. The molecule has 112 valence electrons. The molecule has 0 aliphatic carbocycles. The Morgan fingerprint density at radius 3 is 2.18 bits per heavy atom. The average molecular weight is 308 g/mol. The quantitative estimate of drug-likeness (QED) is 0.634. The van der Waals surface area contributed by atoms with Crippen molar-refractivity contribution in [3.8, 4) is 21.8 Å². The molecule has 3 rings (SSSR count). The van der Waals surface area contributed by atoms with Crippen LogP contribution in [0.3, 0.4) is 0 Å². The summed E-state index contributed by atoms with van der Waals surface area (Å²) < 4.78 is 0. The van der Waals surface area contributed by atoms with Crippen molar-refractivity contribution in [2.45, 2.75) is 13.8 Å². The van der Waals surface area contributed by atoms with Gasteiger partial charge < -0.3 is 4.90 Å². The highest BCUT2D eigenvalue weighted by Crippen LogP contribution is 2.29. The van der Waals surface area contributed by atoms with E-state index in [1.807, 2.05) is 6.07 Å². The van der Waals surface area contributed by atoms with Crippen LogP contribution in [0.5, 0.6) is 0 Å². The fraction of sp³-hybridized carbons (Fsp3) is 0.211. The molecule has 0 aliphatic rings. The van der Waals surface area contributed by atoms with Gasteiger partial charge in [0.25, 0.3) is 0 Å². The molecule has 0 spiro atoms. The molecule has 0 N–H and O–H groups in total. The van der Waals surface area contributed by atoms with E-state index in [-0.39, 0.29) is 0 Å². The van der Waals surface area contributed by atoms with Gasteiger partial charge in [-0.05, 0) is 26.0 Å². The van der Waals surface area contributed by atoms with Crippen LogP contribution >= 0.6 is 11.3 Å². The maximum atomic E-state index is 4.77. The van der Waals surface area contributed by atoms with Crippen molar-refractivity contribution in [2.24, 2.45) is 0 Å². The Balaban J connectivity index is 1.85. The molecular formula is C19H20N2S. The summed E-state index contributed by atoms with van der Waals surface area (Å²) in [6.45, 7) is 6.43. The van der Waals surface area contributed by atoms with Gasteiger partial charge in [-0.15, -0.1) is 11.3 Å². The number of rotatable bonds is 5. The summed E-state index contributed by atoms with van der Waals surface area (Å²) in [5.41, 5.74) is 4.68. The molecule has 2 aromatic carbocycles. The SMILES string of the molecule is CCN(CC)c1ccc(-c2csc(-c3ccccc3)n2)cc1. The predicted octanol–water partition coefficient (Wildman–Crippen LogP) is 5.32. The molecule has 0 unspecified atom stereocenters. The van der Waals surface area contributed by atoms with E-state index in [9.17, 15) is 0 Å². The average Bonchev–Trinajstić information content (AvgIpc) is 3.07. The van der Waals surface area contributed by atoms with Crippen LogP contribution in [0.1, 0.15) is 13.8 Å². The molecule has 0 atom stereocenters. The summed E-state index contributed by atoms with van der Waals surface area (Å²) in [4.78, 5) is 7.12. The van der Waals surface area contributed by atoms with Crippen molar-refractivity contribution in [1.82, 2.24) is 4.98 Å². The van der Waals surface area contributed by atoms with E-state index in [0.29, 0.717) is 0 Å². The second-order valence-electron chi connectivity index (χ2n) is 5.12. The van der Waals surface area contributed by atoms with Crippen LogP contribution in [0.2, 0.25) is 0 Å². The van der Waals surface area contributed by atoms with Crippen molar-refractivity contribution in [3.63, 3.8) is 0 Å². The van der Waals surface area contributed by atoms with Gasteiger partial charge in [0.05, 0.1) is 5.69 Å². The highest BCUT2D eigenvalue weighted by molar-refractivity contribution is 7.13. The molecule has 0 fully saturated rings.